The van der Waals surface area contributed by atoms with Gasteiger partial charge in [-0.05, 0) is 11.6 Å². The van der Waals surface area contributed by atoms with Crippen molar-refractivity contribution in [1.29, 1.82) is 0 Å². The summed E-state index contributed by atoms with van der Waals surface area (Å²) in [5.74, 6) is -0.369. The van der Waals surface area contributed by atoms with Crippen LogP contribution in [0.25, 0.3) is 11.2 Å². The number of aliphatic hydroxyl groups is 2. The van der Waals surface area contributed by atoms with Crippen LogP contribution in [0.3, 0.4) is 0 Å². The lowest BCUT2D eigenvalue weighted by molar-refractivity contribution is -0.0291. The highest BCUT2D eigenvalue weighted by molar-refractivity contribution is 7.90. The van der Waals surface area contributed by atoms with Gasteiger partial charge >= 0.3 is 0 Å². The second-order valence-corrected chi connectivity index (χ2v) is 7.86. The highest BCUT2D eigenvalue weighted by atomic mass is 35.5. The fourth-order valence-corrected chi connectivity index (χ4v) is 3.54. The van der Waals surface area contributed by atoms with Gasteiger partial charge in [-0.3, -0.25) is 4.57 Å². The third kappa shape index (κ3) is 2.97. The summed E-state index contributed by atoms with van der Waals surface area (Å²) in [6.45, 7) is 0. The van der Waals surface area contributed by atoms with Gasteiger partial charge in [-0.1, -0.05) is 0 Å². The summed E-state index contributed by atoms with van der Waals surface area (Å²) in [5.41, 5.74) is 6.16. The van der Waals surface area contributed by atoms with E-state index in [1.807, 2.05) is 0 Å². The van der Waals surface area contributed by atoms with E-state index in [-0.39, 0.29) is 22.3 Å². The van der Waals surface area contributed by atoms with Crippen molar-refractivity contribution >= 4 is 38.4 Å². The van der Waals surface area contributed by atoms with Gasteiger partial charge in [0.15, 0.2) is 17.7 Å². The zero-order valence-corrected chi connectivity index (χ0v) is 13.4. The van der Waals surface area contributed by atoms with Crippen molar-refractivity contribution < 1.29 is 23.4 Å². The molecule has 126 valence electrons. The first-order valence-electron chi connectivity index (χ1n) is 6.52. The quantitative estimate of drug-likeness (QED) is 0.566. The zero-order chi connectivity index (χ0) is 16.9. The van der Waals surface area contributed by atoms with Crippen molar-refractivity contribution in [3.63, 3.8) is 0 Å². The average Bonchev–Trinajstić information content (AvgIpc) is 2.94. The number of nitrogen functional groups attached to an aromatic ring is 1. The standard InChI is InChI=1S/C11H14ClN5O5S/c1-23(20,21)2-4-6(18)7(19)10(22-4)17-3-14-5-8(13)15-11(12)16-9(5)17/h3-4,6-7,10,18-19H,2H2,1H3,(H2,13,15,16)/t4-,6-,7-,10-/m1/s1. The highest BCUT2D eigenvalue weighted by Gasteiger charge is 2.45. The van der Waals surface area contributed by atoms with Crippen molar-refractivity contribution in [3.8, 4) is 0 Å². The summed E-state index contributed by atoms with van der Waals surface area (Å²) in [5, 5.41) is 20.1. The van der Waals surface area contributed by atoms with Crippen LogP contribution in [-0.2, 0) is 14.6 Å². The maximum Gasteiger partial charge on any atom is 0.226 e. The second kappa shape index (κ2) is 5.53. The Morgan fingerprint density at radius 1 is 1.39 bits per heavy atom. The number of aromatic nitrogens is 4. The first-order valence-corrected chi connectivity index (χ1v) is 8.96. The number of hydrogen-bond donors (Lipinski definition) is 3. The number of halogens is 1. The fourth-order valence-electron chi connectivity index (χ4n) is 2.49. The lowest BCUT2D eigenvalue weighted by Gasteiger charge is -2.16. The van der Waals surface area contributed by atoms with Crippen molar-refractivity contribution in [2.45, 2.75) is 24.5 Å². The maximum absolute atomic E-state index is 11.4. The summed E-state index contributed by atoms with van der Waals surface area (Å²) in [7, 11) is -3.40. The van der Waals surface area contributed by atoms with E-state index in [0.717, 1.165) is 6.26 Å². The molecule has 1 saturated heterocycles. The van der Waals surface area contributed by atoms with Crippen LogP contribution in [0.2, 0.25) is 5.28 Å². The molecule has 10 nitrogen and oxygen atoms in total. The molecule has 2 aromatic rings. The molecule has 0 aliphatic carbocycles. The van der Waals surface area contributed by atoms with E-state index in [1.165, 1.54) is 10.9 Å². The molecule has 0 radical (unpaired) electrons. The van der Waals surface area contributed by atoms with E-state index in [0.29, 0.717) is 0 Å². The molecule has 2 aromatic heterocycles. The van der Waals surface area contributed by atoms with E-state index in [2.05, 4.69) is 15.0 Å². The lowest BCUT2D eigenvalue weighted by Crippen LogP contribution is -2.35. The molecule has 23 heavy (non-hydrogen) atoms. The summed E-state index contributed by atoms with van der Waals surface area (Å²) in [6, 6.07) is 0. The Hall–Kier alpha value is -1.53. The largest absolute Gasteiger partial charge is 0.387 e. The first kappa shape index (κ1) is 16.3. The molecule has 0 unspecified atom stereocenters. The number of nitrogens with zero attached hydrogens (tertiary/aromatic N) is 4. The summed E-state index contributed by atoms with van der Waals surface area (Å²) >= 11 is 5.77. The number of rotatable bonds is 3. The van der Waals surface area contributed by atoms with Gasteiger partial charge in [-0.2, -0.15) is 9.97 Å². The number of nitrogens with two attached hydrogens (primary N) is 1. The Balaban J connectivity index is 1.99. The highest BCUT2D eigenvalue weighted by Crippen LogP contribution is 2.32. The molecule has 1 aliphatic rings. The van der Waals surface area contributed by atoms with Gasteiger partial charge in [0.1, 0.15) is 33.7 Å². The molecule has 0 amide bonds. The topological polar surface area (TPSA) is 153 Å². The van der Waals surface area contributed by atoms with E-state index in [9.17, 15) is 18.6 Å². The molecule has 0 bridgehead atoms. The predicted molar refractivity (Wildman–Crippen MR) is 80.4 cm³/mol. The first-order chi connectivity index (χ1) is 10.7. The SMILES string of the molecule is CS(=O)(=O)C[C@H]1O[C@@H](n2cnc3c(N)nc(Cl)nc32)[C@H](O)[C@@H]1O. The third-order valence-electron chi connectivity index (χ3n) is 3.50. The molecule has 0 saturated carbocycles. The third-order valence-corrected chi connectivity index (χ3v) is 4.60. The minimum absolute atomic E-state index is 0.0551. The van der Waals surface area contributed by atoms with Crippen LogP contribution in [0.1, 0.15) is 6.23 Å². The molecule has 0 spiro atoms. The van der Waals surface area contributed by atoms with Gasteiger partial charge in [-0.25, -0.2) is 13.4 Å². The average molecular weight is 364 g/mol. The molecule has 1 fully saturated rings. The Bertz CT molecular complexity index is 856. The number of anilines is 1. The molecule has 4 atom stereocenters. The monoisotopic (exact) mass is 363 g/mol. The second-order valence-electron chi connectivity index (χ2n) is 5.34. The molecule has 4 N–H and O–H groups in total. The number of ether oxygens (including phenoxy) is 1. The van der Waals surface area contributed by atoms with Crippen LogP contribution in [0.4, 0.5) is 5.82 Å². The van der Waals surface area contributed by atoms with Gasteiger partial charge in [0.2, 0.25) is 5.28 Å². The Morgan fingerprint density at radius 3 is 2.74 bits per heavy atom. The van der Waals surface area contributed by atoms with Crippen molar-refractivity contribution in [2.24, 2.45) is 0 Å². The Labute approximate surface area is 135 Å². The predicted octanol–water partition coefficient (Wildman–Crippen LogP) is -1.27. The molecule has 3 heterocycles. The lowest BCUT2D eigenvalue weighted by atomic mass is 10.1. The number of fused-ring (bicyclic) bond motifs is 1. The molecule has 0 aromatic carbocycles. The van der Waals surface area contributed by atoms with Crippen LogP contribution in [0.5, 0.6) is 0 Å². The summed E-state index contributed by atoms with van der Waals surface area (Å²) in [6.07, 6.45) is -2.57. The van der Waals surface area contributed by atoms with Crippen LogP contribution in [-0.4, -0.2) is 68.5 Å². The normalized spacial score (nSPS) is 28.5. The fraction of sp³-hybridized carbons (Fsp3) is 0.545. The van der Waals surface area contributed by atoms with Gasteiger partial charge in [0, 0.05) is 6.26 Å². The van der Waals surface area contributed by atoms with Gasteiger partial charge in [-0.15, -0.1) is 0 Å². The van der Waals surface area contributed by atoms with E-state index in [4.69, 9.17) is 22.1 Å². The molecular weight excluding hydrogens is 350 g/mol. The van der Waals surface area contributed by atoms with Gasteiger partial charge in [0.05, 0.1) is 12.1 Å². The molecule has 1 aliphatic heterocycles. The van der Waals surface area contributed by atoms with Crippen molar-refractivity contribution in [2.75, 3.05) is 17.7 Å². The van der Waals surface area contributed by atoms with E-state index in [1.54, 1.807) is 0 Å². The zero-order valence-electron chi connectivity index (χ0n) is 11.9. The van der Waals surface area contributed by atoms with Gasteiger partial charge in [0.25, 0.3) is 0 Å². The number of hydrogen-bond acceptors (Lipinski definition) is 9. The van der Waals surface area contributed by atoms with Crippen LogP contribution in [0.15, 0.2) is 6.33 Å². The minimum atomic E-state index is -3.40. The molecular formula is C11H14ClN5O5S. The maximum atomic E-state index is 11.4. The van der Waals surface area contributed by atoms with Crippen LogP contribution < -0.4 is 5.73 Å². The Morgan fingerprint density at radius 2 is 2.09 bits per heavy atom. The molecule has 3 rings (SSSR count). The smallest absolute Gasteiger partial charge is 0.226 e. The van der Waals surface area contributed by atoms with Gasteiger partial charge < -0.3 is 20.7 Å². The van der Waals surface area contributed by atoms with E-state index < -0.39 is 40.1 Å². The number of sulfone groups is 1. The van der Waals surface area contributed by atoms with Crippen molar-refractivity contribution in [3.05, 3.63) is 11.6 Å². The van der Waals surface area contributed by atoms with Crippen molar-refractivity contribution in [1.82, 2.24) is 19.5 Å². The van der Waals surface area contributed by atoms with E-state index >= 15 is 0 Å². The van der Waals surface area contributed by atoms with Crippen LogP contribution in [0, 0.1) is 0 Å². The summed E-state index contributed by atoms with van der Waals surface area (Å²) < 4.78 is 29.6. The molecule has 12 heteroatoms. The van der Waals surface area contributed by atoms with Crippen LogP contribution >= 0.6 is 11.6 Å². The number of imidazole rings is 1. The minimum Gasteiger partial charge on any atom is -0.387 e. The Kier molecular flexibility index (Phi) is 3.92. The number of aliphatic hydroxyl groups excluding tert-OH is 2. The summed E-state index contributed by atoms with van der Waals surface area (Å²) in [4.78, 5) is 11.8.